The molecule has 0 amide bonds. The molecule has 0 aliphatic heterocycles. The molecule has 0 saturated heterocycles. The number of hydrogen-bond acceptors (Lipinski definition) is 2. The van der Waals surface area contributed by atoms with Gasteiger partial charge < -0.3 is 0 Å². The fourth-order valence-corrected chi connectivity index (χ4v) is 2.33. The molecule has 0 fully saturated rings. The molecule has 0 spiro atoms. The summed E-state index contributed by atoms with van der Waals surface area (Å²) in [5.74, 6) is 0.768. The maximum absolute atomic E-state index is 5.96. The molecule has 5 heteroatoms. The first-order valence-corrected chi connectivity index (χ1v) is 5.60. The van der Waals surface area contributed by atoms with Crippen molar-refractivity contribution >= 4 is 27.5 Å². The van der Waals surface area contributed by atoms with E-state index in [1.807, 2.05) is 32.0 Å². The topological polar surface area (TPSA) is 30.7 Å². The number of nitrogens with zero attached hydrogens (tertiary/aromatic N) is 3. The molecule has 1 aromatic carbocycles. The van der Waals surface area contributed by atoms with Gasteiger partial charge in [0.05, 0.1) is 5.69 Å². The van der Waals surface area contributed by atoms with Crippen molar-refractivity contribution in [2.24, 2.45) is 0 Å². The Kier molecular flexibility index (Phi) is 2.80. The summed E-state index contributed by atoms with van der Waals surface area (Å²) < 4.78 is 2.78. The van der Waals surface area contributed by atoms with E-state index in [0.29, 0.717) is 5.28 Å². The first-order chi connectivity index (χ1) is 7.09. The van der Waals surface area contributed by atoms with Crippen molar-refractivity contribution < 1.29 is 0 Å². The molecule has 3 nitrogen and oxygen atoms in total. The molecule has 0 aliphatic rings. The lowest BCUT2D eigenvalue weighted by atomic mass is 10.2. The predicted molar refractivity (Wildman–Crippen MR) is 63.5 cm³/mol. The molecule has 0 unspecified atom stereocenters. The van der Waals surface area contributed by atoms with E-state index in [4.69, 9.17) is 11.6 Å². The maximum Gasteiger partial charge on any atom is 0.229 e. The molecule has 0 aliphatic carbocycles. The molecule has 0 atom stereocenters. The van der Waals surface area contributed by atoms with E-state index >= 15 is 0 Å². The third-order valence-electron chi connectivity index (χ3n) is 2.13. The van der Waals surface area contributed by atoms with E-state index in [0.717, 1.165) is 16.0 Å². The molecule has 0 bridgehead atoms. The number of aryl methyl sites for hydroxylation is 2. The Morgan fingerprint density at radius 2 is 2.00 bits per heavy atom. The van der Waals surface area contributed by atoms with Crippen LogP contribution in [-0.4, -0.2) is 14.8 Å². The Morgan fingerprint density at radius 3 is 2.53 bits per heavy atom. The molecule has 2 aromatic rings. The van der Waals surface area contributed by atoms with E-state index in [9.17, 15) is 0 Å². The summed E-state index contributed by atoms with van der Waals surface area (Å²) >= 11 is 9.46. The highest BCUT2D eigenvalue weighted by atomic mass is 79.9. The number of aromatic nitrogens is 3. The number of hydrogen-bond donors (Lipinski definition) is 0. The first-order valence-electron chi connectivity index (χ1n) is 4.43. The number of rotatable bonds is 1. The average Bonchev–Trinajstić information content (AvgIpc) is 2.48. The molecule has 1 heterocycles. The highest BCUT2D eigenvalue weighted by Gasteiger charge is 2.10. The van der Waals surface area contributed by atoms with Gasteiger partial charge in [0, 0.05) is 4.47 Å². The van der Waals surface area contributed by atoms with Crippen LogP contribution >= 0.6 is 27.5 Å². The van der Waals surface area contributed by atoms with E-state index in [-0.39, 0.29) is 0 Å². The number of halogens is 2. The fraction of sp³-hybridized carbons (Fsp3) is 0.200. The minimum absolute atomic E-state index is 0.372. The van der Waals surface area contributed by atoms with Gasteiger partial charge in [0.25, 0.3) is 0 Å². The van der Waals surface area contributed by atoms with Gasteiger partial charge in [0.1, 0.15) is 5.82 Å². The molecule has 0 N–H and O–H groups in total. The molecule has 78 valence electrons. The summed E-state index contributed by atoms with van der Waals surface area (Å²) in [5.41, 5.74) is 2.14. The molecule has 15 heavy (non-hydrogen) atoms. The summed E-state index contributed by atoms with van der Waals surface area (Å²) in [5, 5.41) is 8.10. The molecule has 0 radical (unpaired) electrons. The average molecular weight is 287 g/mol. The molecular weight excluding hydrogens is 277 g/mol. The highest BCUT2D eigenvalue weighted by molar-refractivity contribution is 9.10. The Hall–Kier alpha value is -0.870. The van der Waals surface area contributed by atoms with Crippen molar-refractivity contribution in [3.63, 3.8) is 0 Å². The van der Waals surface area contributed by atoms with Crippen LogP contribution in [0.3, 0.4) is 0 Å². The van der Waals surface area contributed by atoms with Crippen LogP contribution < -0.4 is 0 Å². The van der Waals surface area contributed by atoms with Crippen LogP contribution in [0.2, 0.25) is 5.28 Å². The third kappa shape index (κ3) is 1.92. The minimum atomic E-state index is 0.372. The maximum atomic E-state index is 5.96. The monoisotopic (exact) mass is 285 g/mol. The lowest BCUT2D eigenvalue weighted by molar-refractivity contribution is 0.964. The second-order valence-electron chi connectivity index (χ2n) is 3.31. The Balaban J connectivity index is 2.64. The summed E-state index contributed by atoms with van der Waals surface area (Å²) in [6, 6.07) is 6.04. The zero-order chi connectivity index (χ0) is 11.0. The molecule has 2 rings (SSSR count). The summed E-state index contributed by atoms with van der Waals surface area (Å²) in [6.45, 7) is 3.90. The second kappa shape index (κ2) is 3.94. The first kappa shape index (κ1) is 10.6. The Labute approximate surface area is 101 Å². The van der Waals surface area contributed by atoms with Gasteiger partial charge >= 0.3 is 0 Å². The van der Waals surface area contributed by atoms with Crippen molar-refractivity contribution in [2.75, 3.05) is 0 Å². The van der Waals surface area contributed by atoms with Gasteiger partial charge in [-0.1, -0.05) is 6.07 Å². The van der Waals surface area contributed by atoms with E-state index in [1.165, 1.54) is 5.56 Å². The van der Waals surface area contributed by atoms with Gasteiger partial charge in [-0.3, -0.25) is 4.57 Å². The minimum Gasteiger partial charge on any atom is -0.269 e. The Morgan fingerprint density at radius 1 is 1.27 bits per heavy atom. The van der Waals surface area contributed by atoms with Crippen molar-refractivity contribution in [3.05, 3.63) is 39.3 Å². The van der Waals surface area contributed by atoms with E-state index < -0.39 is 0 Å². The zero-order valence-corrected chi connectivity index (χ0v) is 10.7. The van der Waals surface area contributed by atoms with Crippen LogP contribution in [0.4, 0.5) is 0 Å². The normalized spacial score (nSPS) is 10.7. The highest BCUT2D eigenvalue weighted by Crippen LogP contribution is 2.25. The van der Waals surface area contributed by atoms with Gasteiger partial charge in [0.2, 0.25) is 5.28 Å². The van der Waals surface area contributed by atoms with Gasteiger partial charge in [-0.25, -0.2) is 0 Å². The lowest BCUT2D eigenvalue weighted by Crippen LogP contribution is -1.98. The van der Waals surface area contributed by atoms with Crippen molar-refractivity contribution in [1.82, 2.24) is 14.8 Å². The molecule has 1 aromatic heterocycles. The van der Waals surface area contributed by atoms with Gasteiger partial charge in [-0.15, -0.1) is 10.2 Å². The SMILES string of the molecule is Cc1ccc(-n2c(C)nnc2Cl)c(Br)c1. The lowest BCUT2D eigenvalue weighted by Gasteiger charge is -2.08. The molecular formula is C10H9BrClN3. The standard InChI is InChI=1S/C10H9BrClN3/c1-6-3-4-9(8(11)5-6)15-7(2)13-14-10(15)12/h3-5H,1-2H3. The largest absolute Gasteiger partial charge is 0.269 e. The van der Waals surface area contributed by atoms with Crippen molar-refractivity contribution in [3.8, 4) is 5.69 Å². The van der Waals surface area contributed by atoms with Gasteiger partial charge in [-0.05, 0) is 59.1 Å². The fourth-order valence-electron chi connectivity index (χ4n) is 1.40. The second-order valence-corrected chi connectivity index (χ2v) is 4.50. The quantitative estimate of drug-likeness (QED) is 0.805. The van der Waals surface area contributed by atoms with Crippen molar-refractivity contribution in [2.45, 2.75) is 13.8 Å². The Bertz CT molecular complexity index is 488. The zero-order valence-electron chi connectivity index (χ0n) is 8.33. The van der Waals surface area contributed by atoms with E-state index in [2.05, 4.69) is 26.1 Å². The summed E-state index contributed by atoms with van der Waals surface area (Å²) in [4.78, 5) is 0. The number of benzene rings is 1. The van der Waals surface area contributed by atoms with E-state index in [1.54, 1.807) is 4.57 Å². The summed E-state index contributed by atoms with van der Waals surface area (Å²) in [7, 11) is 0. The molecule has 0 saturated carbocycles. The van der Waals surface area contributed by atoms with Crippen LogP contribution in [0, 0.1) is 13.8 Å². The summed E-state index contributed by atoms with van der Waals surface area (Å²) in [6.07, 6.45) is 0. The van der Waals surface area contributed by atoms with Crippen LogP contribution in [0.25, 0.3) is 5.69 Å². The third-order valence-corrected chi connectivity index (χ3v) is 3.01. The van der Waals surface area contributed by atoms with Crippen LogP contribution in [0.1, 0.15) is 11.4 Å². The van der Waals surface area contributed by atoms with Gasteiger partial charge in [-0.2, -0.15) is 0 Å². The van der Waals surface area contributed by atoms with Crippen LogP contribution in [0.15, 0.2) is 22.7 Å². The van der Waals surface area contributed by atoms with Crippen LogP contribution in [-0.2, 0) is 0 Å². The van der Waals surface area contributed by atoms with Crippen LogP contribution in [0.5, 0.6) is 0 Å². The van der Waals surface area contributed by atoms with Gasteiger partial charge in [0.15, 0.2) is 0 Å². The van der Waals surface area contributed by atoms with Crippen molar-refractivity contribution in [1.29, 1.82) is 0 Å². The smallest absolute Gasteiger partial charge is 0.229 e. The predicted octanol–water partition coefficient (Wildman–Crippen LogP) is 3.30.